The summed E-state index contributed by atoms with van der Waals surface area (Å²) >= 11 is 5.62. The monoisotopic (exact) mass is 215 g/mol. The van der Waals surface area contributed by atoms with Crippen molar-refractivity contribution in [2.75, 3.05) is 19.0 Å². The Morgan fingerprint density at radius 2 is 2.14 bits per heavy atom. The lowest BCUT2D eigenvalue weighted by molar-refractivity contribution is 0.158. The third kappa shape index (κ3) is 3.47. The maximum Gasteiger partial charge on any atom is 0.151 e. The van der Waals surface area contributed by atoms with Gasteiger partial charge in [-0.1, -0.05) is 11.6 Å². The zero-order valence-electron chi connectivity index (χ0n) is 8.54. The summed E-state index contributed by atoms with van der Waals surface area (Å²) in [6.45, 7) is 4.64. The van der Waals surface area contributed by atoms with Gasteiger partial charge in [0.25, 0.3) is 0 Å². The molecule has 0 fully saturated rings. The fourth-order valence-corrected chi connectivity index (χ4v) is 1.23. The third-order valence-corrected chi connectivity index (χ3v) is 1.81. The number of anilines is 1. The molecule has 1 aromatic heterocycles. The van der Waals surface area contributed by atoms with Gasteiger partial charge >= 0.3 is 0 Å². The SMILES string of the molecule is COCC(C)(C)Nc1ccc(Cl)nn1. The van der Waals surface area contributed by atoms with Crippen molar-refractivity contribution >= 4 is 17.4 Å². The van der Waals surface area contributed by atoms with Crippen molar-refractivity contribution < 1.29 is 4.74 Å². The van der Waals surface area contributed by atoms with Crippen LogP contribution >= 0.6 is 11.6 Å². The summed E-state index contributed by atoms with van der Waals surface area (Å²) in [7, 11) is 1.66. The first-order valence-corrected chi connectivity index (χ1v) is 4.68. The molecule has 1 heterocycles. The van der Waals surface area contributed by atoms with E-state index in [-0.39, 0.29) is 5.54 Å². The highest BCUT2D eigenvalue weighted by Gasteiger charge is 2.17. The van der Waals surface area contributed by atoms with Gasteiger partial charge in [0, 0.05) is 7.11 Å². The minimum Gasteiger partial charge on any atom is -0.382 e. The number of nitrogens with zero attached hydrogens (tertiary/aromatic N) is 2. The number of nitrogens with one attached hydrogen (secondary N) is 1. The van der Waals surface area contributed by atoms with Gasteiger partial charge in [-0.15, -0.1) is 10.2 Å². The summed E-state index contributed by atoms with van der Waals surface area (Å²) in [4.78, 5) is 0. The van der Waals surface area contributed by atoms with Gasteiger partial charge in [0.15, 0.2) is 5.15 Å². The van der Waals surface area contributed by atoms with Gasteiger partial charge in [-0.25, -0.2) is 0 Å². The zero-order valence-corrected chi connectivity index (χ0v) is 9.30. The Hall–Kier alpha value is -0.870. The topological polar surface area (TPSA) is 47.0 Å². The van der Waals surface area contributed by atoms with E-state index in [0.29, 0.717) is 17.6 Å². The van der Waals surface area contributed by atoms with E-state index in [1.165, 1.54) is 0 Å². The quantitative estimate of drug-likeness (QED) is 0.834. The van der Waals surface area contributed by atoms with Crippen LogP contribution in [0.4, 0.5) is 5.82 Å². The molecule has 1 rings (SSSR count). The summed E-state index contributed by atoms with van der Waals surface area (Å²) in [5.41, 5.74) is -0.169. The molecule has 0 aliphatic rings. The van der Waals surface area contributed by atoms with E-state index >= 15 is 0 Å². The standard InChI is InChI=1S/C9H14ClN3O/c1-9(2,6-14-3)11-8-5-4-7(10)12-13-8/h4-5H,6H2,1-3H3,(H,11,13). The first-order chi connectivity index (χ1) is 6.53. The van der Waals surface area contributed by atoms with Crippen molar-refractivity contribution in [3.05, 3.63) is 17.3 Å². The van der Waals surface area contributed by atoms with E-state index in [1.807, 2.05) is 13.8 Å². The van der Waals surface area contributed by atoms with Crippen LogP contribution in [-0.2, 0) is 4.74 Å². The first-order valence-electron chi connectivity index (χ1n) is 4.30. The van der Waals surface area contributed by atoms with Crippen LogP contribution in [0.2, 0.25) is 5.15 Å². The Kier molecular flexibility index (Phi) is 3.66. The lowest BCUT2D eigenvalue weighted by atomic mass is 10.1. The minimum absolute atomic E-state index is 0.169. The number of halogens is 1. The highest BCUT2D eigenvalue weighted by molar-refractivity contribution is 6.29. The second kappa shape index (κ2) is 4.57. The van der Waals surface area contributed by atoms with Crippen molar-refractivity contribution in [1.82, 2.24) is 10.2 Å². The molecule has 0 aliphatic heterocycles. The smallest absolute Gasteiger partial charge is 0.151 e. The maximum atomic E-state index is 5.62. The molecule has 0 aromatic carbocycles. The van der Waals surface area contributed by atoms with Gasteiger partial charge in [-0.2, -0.15) is 0 Å². The Bertz CT molecular complexity index is 287. The van der Waals surface area contributed by atoms with E-state index in [4.69, 9.17) is 16.3 Å². The molecule has 78 valence electrons. The number of hydrogen-bond donors (Lipinski definition) is 1. The molecule has 4 nitrogen and oxygen atoms in total. The molecule has 1 aromatic rings. The number of rotatable bonds is 4. The largest absolute Gasteiger partial charge is 0.382 e. The Morgan fingerprint density at radius 1 is 1.43 bits per heavy atom. The van der Waals surface area contributed by atoms with E-state index in [0.717, 1.165) is 0 Å². The average Bonchev–Trinajstić information content (AvgIpc) is 2.08. The number of aromatic nitrogens is 2. The molecule has 14 heavy (non-hydrogen) atoms. The van der Waals surface area contributed by atoms with Crippen LogP contribution in [0.1, 0.15) is 13.8 Å². The van der Waals surface area contributed by atoms with Crippen LogP contribution in [0.3, 0.4) is 0 Å². The summed E-state index contributed by atoms with van der Waals surface area (Å²) in [6, 6.07) is 3.48. The molecular formula is C9H14ClN3O. The van der Waals surface area contributed by atoms with Gasteiger partial charge < -0.3 is 10.1 Å². The van der Waals surface area contributed by atoms with Gasteiger partial charge in [0.05, 0.1) is 12.1 Å². The molecule has 0 aliphatic carbocycles. The number of methoxy groups -OCH3 is 1. The van der Waals surface area contributed by atoms with Crippen LogP contribution < -0.4 is 5.32 Å². The summed E-state index contributed by atoms with van der Waals surface area (Å²) in [5.74, 6) is 0.691. The molecule has 0 saturated heterocycles. The minimum atomic E-state index is -0.169. The second-order valence-corrected chi connectivity index (χ2v) is 4.07. The van der Waals surface area contributed by atoms with Crippen LogP contribution in [0.5, 0.6) is 0 Å². The van der Waals surface area contributed by atoms with E-state index in [2.05, 4.69) is 15.5 Å². The van der Waals surface area contributed by atoms with Crippen molar-refractivity contribution in [3.8, 4) is 0 Å². The van der Waals surface area contributed by atoms with Crippen molar-refractivity contribution in [1.29, 1.82) is 0 Å². The predicted octanol–water partition coefficient (Wildman–Crippen LogP) is 1.97. The maximum absolute atomic E-state index is 5.62. The molecule has 0 atom stereocenters. The van der Waals surface area contributed by atoms with E-state index in [9.17, 15) is 0 Å². The van der Waals surface area contributed by atoms with Crippen LogP contribution in [0.15, 0.2) is 12.1 Å². The number of ether oxygens (including phenoxy) is 1. The molecule has 0 unspecified atom stereocenters. The fraction of sp³-hybridized carbons (Fsp3) is 0.556. The van der Waals surface area contributed by atoms with Crippen molar-refractivity contribution in [2.24, 2.45) is 0 Å². The summed E-state index contributed by atoms with van der Waals surface area (Å²) in [6.07, 6.45) is 0. The Labute approximate surface area is 88.6 Å². The highest BCUT2D eigenvalue weighted by Crippen LogP contribution is 2.13. The van der Waals surface area contributed by atoms with Gasteiger partial charge in [0.2, 0.25) is 0 Å². The van der Waals surface area contributed by atoms with E-state index in [1.54, 1.807) is 19.2 Å². The molecule has 0 radical (unpaired) electrons. The molecule has 1 N–H and O–H groups in total. The highest BCUT2D eigenvalue weighted by atomic mass is 35.5. The van der Waals surface area contributed by atoms with Crippen molar-refractivity contribution in [3.63, 3.8) is 0 Å². The molecule has 0 spiro atoms. The molecule has 0 amide bonds. The second-order valence-electron chi connectivity index (χ2n) is 3.68. The lowest BCUT2D eigenvalue weighted by Crippen LogP contribution is -2.36. The third-order valence-electron chi connectivity index (χ3n) is 1.60. The van der Waals surface area contributed by atoms with Crippen molar-refractivity contribution in [2.45, 2.75) is 19.4 Å². The van der Waals surface area contributed by atoms with E-state index < -0.39 is 0 Å². The average molecular weight is 216 g/mol. The summed E-state index contributed by atoms with van der Waals surface area (Å²) < 4.78 is 5.07. The van der Waals surface area contributed by atoms with Crippen LogP contribution in [0.25, 0.3) is 0 Å². The Morgan fingerprint density at radius 3 is 2.64 bits per heavy atom. The number of hydrogen-bond acceptors (Lipinski definition) is 4. The molecule has 0 bridgehead atoms. The zero-order chi connectivity index (χ0) is 10.6. The van der Waals surface area contributed by atoms with Crippen LogP contribution in [0, 0.1) is 0 Å². The van der Waals surface area contributed by atoms with Crippen LogP contribution in [-0.4, -0.2) is 29.5 Å². The normalized spacial score (nSPS) is 11.4. The molecule has 5 heteroatoms. The van der Waals surface area contributed by atoms with Gasteiger partial charge in [0.1, 0.15) is 5.82 Å². The Balaban J connectivity index is 2.64. The predicted molar refractivity (Wildman–Crippen MR) is 56.6 cm³/mol. The summed E-state index contributed by atoms with van der Waals surface area (Å²) in [5, 5.41) is 11.2. The lowest BCUT2D eigenvalue weighted by Gasteiger charge is -2.25. The fourth-order valence-electron chi connectivity index (χ4n) is 1.13. The molecule has 0 saturated carbocycles. The first kappa shape index (κ1) is 11.2. The van der Waals surface area contributed by atoms with Gasteiger partial charge in [-0.3, -0.25) is 0 Å². The molecular weight excluding hydrogens is 202 g/mol. The van der Waals surface area contributed by atoms with Gasteiger partial charge in [-0.05, 0) is 26.0 Å².